The minimum atomic E-state index is 0.0333. The Kier molecular flexibility index (Phi) is 7.06. The molecule has 1 atom stereocenters. The standard InChI is InChI=1S/C21H29N5OS/c1-15(27-4)20-25-17(14-28-20)13-26(3)21(22-2)23-11-7-8-16-12-24-19-10-6-5-9-18(16)19/h5-6,9-10,12,14-15,24H,7-8,11,13H2,1-4H3,(H,22,23). The first-order valence-electron chi connectivity index (χ1n) is 9.56. The van der Waals surface area contributed by atoms with Crippen LogP contribution in [0.2, 0.25) is 0 Å². The van der Waals surface area contributed by atoms with Crippen LogP contribution in [0.25, 0.3) is 10.9 Å². The second-order valence-corrected chi connectivity index (χ2v) is 7.74. The SMILES string of the molecule is CN=C(NCCCc1c[nH]c2ccccc12)N(C)Cc1csc(C(C)OC)n1. The first-order valence-corrected chi connectivity index (χ1v) is 10.4. The number of methoxy groups -OCH3 is 1. The molecule has 0 spiro atoms. The van der Waals surface area contributed by atoms with E-state index in [1.165, 1.54) is 16.5 Å². The van der Waals surface area contributed by atoms with Crippen LogP contribution in [0, 0.1) is 0 Å². The van der Waals surface area contributed by atoms with Gasteiger partial charge in [-0.2, -0.15) is 0 Å². The largest absolute Gasteiger partial charge is 0.375 e. The van der Waals surface area contributed by atoms with E-state index in [0.29, 0.717) is 0 Å². The third-order valence-electron chi connectivity index (χ3n) is 4.82. The Hall–Kier alpha value is -2.38. The van der Waals surface area contributed by atoms with Crippen LogP contribution in [0.15, 0.2) is 40.8 Å². The van der Waals surface area contributed by atoms with Crippen molar-refractivity contribution in [2.75, 3.05) is 27.7 Å². The molecule has 0 saturated carbocycles. The minimum absolute atomic E-state index is 0.0333. The second-order valence-electron chi connectivity index (χ2n) is 6.85. The number of aliphatic imine (C=N–C) groups is 1. The van der Waals surface area contributed by atoms with Crippen molar-refractivity contribution in [3.63, 3.8) is 0 Å². The summed E-state index contributed by atoms with van der Waals surface area (Å²) in [5.41, 5.74) is 3.60. The highest BCUT2D eigenvalue weighted by molar-refractivity contribution is 7.09. The maximum Gasteiger partial charge on any atom is 0.193 e. The highest BCUT2D eigenvalue weighted by Crippen LogP contribution is 2.21. The fourth-order valence-corrected chi connectivity index (χ4v) is 4.04. The average Bonchev–Trinajstić information content (AvgIpc) is 3.34. The molecular weight excluding hydrogens is 370 g/mol. The summed E-state index contributed by atoms with van der Waals surface area (Å²) in [5, 5.41) is 7.87. The second kappa shape index (κ2) is 9.71. The number of H-pyrrole nitrogens is 1. The zero-order chi connectivity index (χ0) is 19.9. The summed E-state index contributed by atoms with van der Waals surface area (Å²) in [4.78, 5) is 14.5. The van der Waals surface area contributed by atoms with Crippen LogP contribution < -0.4 is 5.32 Å². The van der Waals surface area contributed by atoms with Crippen LogP contribution in [-0.4, -0.2) is 48.6 Å². The normalized spacial score (nSPS) is 13.1. The van der Waals surface area contributed by atoms with E-state index in [0.717, 1.165) is 42.6 Å². The van der Waals surface area contributed by atoms with Crippen molar-refractivity contribution in [1.29, 1.82) is 0 Å². The highest BCUT2D eigenvalue weighted by Gasteiger charge is 2.12. The minimum Gasteiger partial charge on any atom is -0.375 e. The van der Waals surface area contributed by atoms with Crippen molar-refractivity contribution in [3.05, 3.63) is 52.1 Å². The molecule has 2 heterocycles. The Balaban J connectivity index is 1.48. The van der Waals surface area contributed by atoms with E-state index in [4.69, 9.17) is 4.74 Å². The zero-order valence-corrected chi connectivity index (χ0v) is 17.8. The number of fused-ring (bicyclic) bond motifs is 1. The molecule has 1 aromatic carbocycles. The van der Waals surface area contributed by atoms with Gasteiger partial charge in [-0.3, -0.25) is 4.99 Å². The number of aromatic amines is 1. The number of benzene rings is 1. The third-order valence-corrected chi connectivity index (χ3v) is 5.88. The maximum atomic E-state index is 5.34. The molecule has 0 aliphatic carbocycles. The molecule has 3 aromatic rings. The molecule has 0 amide bonds. The fourth-order valence-electron chi connectivity index (χ4n) is 3.20. The monoisotopic (exact) mass is 399 g/mol. The molecule has 7 heteroatoms. The summed E-state index contributed by atoms with van der Waals surface area (Å²) in [6.45, 7) is 3.61. The number of nitrogens with one attached hydrogen (secondary N) is 2. The van der Waals surface area contributed by atoms with Gasteiger partial charge in [0.25, 0.3) is 0 Å². The summed E-state index contributed by atoms with van der Waals surface area (Å²) in [6.07, 6.45) is 4.22. The number of nitrogens with zero attached hydrogens (tertiary/aromatic N) is 3. The van der Waals surface area contributed by atoms with Gasteiger partial charge in [-0.15, -0.1) is 11.3 Å². The van der Waals surface area contributed by atoms with Crippen molar-refractivity contribution >= 4 is 28.2 Å². The van der Waals surface area contributed by atoms with Gasteiger partial charge in [0, 0.05) is 50.2 Å². The van der Waals surface area contributed by atoms with Gasteiger partial charge in [-0.05, 0) is 31.4 Å². The van der Waals surface area contributed by atoms with Gasteiger partial charge in [0.1, 0.15) is 11.1 Å². The summed E-state index contributed by atoms with van der Waals surface area (Å²) in [6, 6.07) is 8.44. The van der Waals surface area contributed by atoms with Gasteiger partial charge in [-0.25, -0.2) is 4.98 Å². The van der Waals surface area contributed by atoms with E-state index < -0.39 is 0 Å². The smallest absolute Gasteiger partial charge is 0.193 e. The van der Waals surface area contributed by atoms with E-state index >= 15 is 0 Å². The van der Waals surface area contributed by atoms with Gasteiger partial charge < -0.3 is 19.9 Å². The molecule has 150 valence electrons. The van der Waals surface area contributed by atoms with Gasteiger partial charge in [-0.1, -0.05) is 18.2 Å². The summed E-state index contributed by atoms with van der Waals surface area (Å²) in [7, 11) is 5.56. The van der Waals surface area contributed by atoms with Gasteiger partial charge >= 0.3 is 0 Å². The van der Waals surface area contributed by atoms with Gasteiger partial charge in [0.15, 0.2) is 5.96 Å². The molecule has 2 N–H and O–H groups in total. The highest BCUT2D eigenvalue weighted by atomic mass is 32.1. The number of aromatic nitrogens is 2. The lowest BCUT2D eigenvalue weighted by molar-refractivity contribution is 0.119. The molecule has 1 unspecified atom stereocenters. The van der Waals surface area contributed by atoms with Crippen LogP contribution in [0.3, 0.4) is 0 Å². The lowest BCUT2D eigenvalue weighted by Gasteiger charge is -2.21. The number of thiazole rings is 1. The molecule has 0 fully saturated rings. The van der Waals surface area contributed by atoms with Gasteiger partial charge in [0.2, 0.25) is 0 Å². The van der Waals surface area contributed by atoms with Crippen LogP contribution in [-0.2, 0) is 17.7 Å². The van der Waals surface area contributed by atoms with E-state index in [2.05, 4.69) is 61.0 Å². The molecule has 2 aromatic heterocycles. The lowest BCUT2D eigenvalue weighted by atomic mass is 10.1. The van der Waals surface area contributed by atoms with E-state index in [-0.39, 0.29) is 6.10 Å². The van der Waals surface area contributed by atoms with Crippen molar-refractivity contribution in [1.82, 2.24) is 20.2 Å². The predicted molar refractivity (Wildman–Crippen MR) is 117 cm³/mol. The Bertz CT molecular complexity index is 916. The predicted octanol–water partition coefficient (Wildman–Crippen LogP) is 3.97. The van der Waals surface area contributed by atoms with Crippen LogP contribution in [0.5, 0.6) is 0 Å². The summed E-state index contributed by atoms with van der Waals surface area (Å²) >= 11 is 1.64. The molecule has 0 bridgehead atoms. The van der Waals surface area contributed by atoms with E-state index in [1.54, 1.807) is 18.4 Å². The first kappa shape index (κ1) is 20.4. The number of guanidine groups is 1. The maximum absolute atomic E-state index is 5.34. The number of aryl methyl sites for hydroxylation is 1. The van der Waals surface area contributed by atoms with Crippen molar-refractivity contribution < 1.29 is 4.74 Å². The Labute approximate surface area is 170 Å². The topological polar surface area (TPSA) is 65.5 Å². The van der Waals surface area contributed by atoms with Crippen molar-refractivity contribution in [3.8, 4) is 0 Å². The Morgan fingerprint density at radius 2 is 2.21 bits per heavy atom. The molecule has 6 nitrogen and oxygen atoms in total. The Morgan fingerprint density at radius 3 is 3.00 bits per heavy atom. The molecule has 0 aliphatic rings. The summed E-state index contributed by atoms with van der Waals surface area (Å²) < 4.78 is 5.34. The number of ether oxygens (including phenoxy) is 1. The van der Waals surface area contributed by atoms with Crippen LogP contribution in [0.4, 0.5) is 0 Å². The molecular formula is C21H29N5OS. The first-order chi connectivity index (χ1) is 13.6. The molecule has 0 aliphatic heterocycles. The third kappa shape index (κ3) is 4.91. The number of rotatable bonds is 8. The van der Waals surface area contributed by atoms with Crippen molar-refractivity contribution in [2.45, 2.75) is 32.4 Å². The van der Waals surface area contributed by atoms with Gasteiger partial charge in [0.05, 0.1) is 12.2 Å². The molecule has 28 heavy (non-hydrogen) atoms. The van der Waals surface area contributed by atoms with Crippen molar-refractivity contribution in [2.24, 2.45) is 4.99 Å². The zero-order valence-electron chi connectivity index (χ0n) is 17.0. The molecule has 3 rings (SSSR count). The van der Waals surface area contributed by atoms with E-state index in [1.807, 2.05) is 21.0 Å². The Morgan fingerprint density at radius 1 is 1.39 bits per heavy atom. The molecule has 0 radical (unpaired) electrons. The number of hydrogen-bond donors (Lipinski definition) is 2. The summed E-state index contributed by atoms with van der Waals surface area (Å²) in [5.74, 6) is 0.883. The van der Waals surface area contributed by atoms with Crippen LogP contribution >= 0.6 is 11.3 Å². The lowest BCUT2D eigenvalue weighted by Crippen LogP contribution is -2.39. The quantitative estimate of drug-likeness (QED) is 0.342. The number of para-hydroxylation sites is 1. The van der Waals surface area contributed by atoms with Crippen LogP contribution in [0.1, 0.15) is 35.7 Å². The molecule has 0 saturated heterocycles. The van der Waals surface area contributed by atoms with E-state index in [9.17, 15) is 0 Å². The average molecular weight is 400 g/mol. The number of hydrogen-bond acceptors (Lipinski definition) is 4. The fraction of sp³-hybridized carbons (Fsp3) is 0.429.